The molecule has 0 aromatic heterocycles. The Labute approximate surface area is 148 Å². The maximum absolute atomic E-state index is 12.3. The lowest BCUT2D eigenvalue weighted by Crippen LogP contribution is -2.43. The molecule has 5 nitrogen and oxygen atoms in total. The molecule has 2 aromatic carbocycles. The Kier molecular flexibility index (Phi) is 5.03. The van der Waals surface area contributed by atoms with E-state index in [1.807, 2.05) is 62.4 Å². The number of rotatable bonds is 4. The van der Waals surface area contributed by atoms with Gasteiger partial charge in [0.1, 0.15) is 0 Å². The molecule has 0 aliphatic carbocycles. The molecule has 130 valence electrons. The van der Waals surface area contributed by atoms with Crippen molar-refractivity contribution in [1.82, 2.24) is 10.6 Å². The molecule has 1 atom stereocenters. The van der Waals surface area contributed by atoms with E-state index in [2.05, 4.69) is 10.6 Å². The number of hydrogen-bond donors (Lipinski definition) is 2. The average molecular weight is 337 g/mol. The van der Waals surface area contributed by atoms with Crippen LogP contribution in [0, 0.1) is 13.8 Å². The van der Waals surface area contributed by atoms with Crippen LogP contribution in [0.3, 0.4) is 0 Å². The Hall–Kier alpha value is -2.82. The summed E-state index contributed by atoms with van der Waals surface area (Å²) in [4.78, 5) is 26.1. The van der Waals surface area contributed by atoms with Crippen molar-refractivity contribution in [3.05, 3.63) is 65.2 Å². The molecule has 1 aliphatic rings. The summed E-state index contributed by atoms with van der Waals surface area (Å²) in [5.41, 5.74) is 4.28. The zero-order chi connectivity index (χ0) is 17.8. The number of benzene rings is 2. The van der Waals surface area contributed by atoms with E-state index < -0.39 is 0 Å². The van der Waals surface area contributed by atoms with Crippen LogP contribution in [0.25, 0.3) is 0 Å². The second-order valence-electron chi connectivity index (χ2n) is 6.49. The molecule has 5 heteroatoms. The van der Waals surface area contributed by atoms with Crippen LogP contribution >= 0.6 is 0 Å². The summed E-state index contributed by atoms with van der Waals surface area (Å²) in [6.07, 6.45) is 0.325. The molecule has 0 saturated carbocycles. The number of carbonyl (C=O) groups is 2. The predicted molar refractivity (Wildman–Crippen MR) is 98.5 cm³/mol. The van der Waals surface area contributed by atoms with Crippen molar-refractivity contribution >= 4 is 17.6 Å². The monoisotopic (exact) mass is 337 g/mol. The Morgan fingerprint density at radius 3 is 2.60 bits per heavy atom. The summed E-state index contributed by atoms with van der Waals surface area (Å²) in [5, 5.41) is 5.72. The van der Waals surface area contributed by atoms with Gasteiger partial charge in [0.2, 0.25) is 5.91 Å². The Morgan fingerprint density at radius 2 is 1.88 bits per heavy atom. The fraction of sp³-hybridized carbons (Fsp3) is 0.300. The minimum absolute atomic E-state index is 0.0385. The molecule has 25 heavy (non-hydrogen) atoms. The summed E-state index contributed by atoms with van der Waals surface area (Å²) >= 11 is 0. The summed E-state index contributed by atoms with van der Waals surface area (Å²) in [5.74, 6) is 0.0385. The number of anilines is 1. The van der Waals surface area contributed by atoms with Gasteiger partial charge in [-0.3, -0.25) is 4.79 Å². The highest BCUT2D eigenvalue weighted by atomic mass is 16.2. The fourth-order valence-electron chi connectivity index (χ4n) is 2.96. The molecular weight excluding hydrogens is 314 g/mol. The lowest BCUT2D eigenvalue weighted by atomic mass is 10.1. The summed E-state index contributed by atoms with van der Waals surface area (Å²) < 4.78 is 0. The Bertz CT molecular complexity index is 774. The van der Waals surface area contributed by atoms with Crippen LogP contribution in [0.2, 0.25) is 0 Å². The van der Waals surface area contributed by atoms with E-state index in [9.17, 15) is 9.59 Å². The minimum atomic E-state index is -0.247. The Balaban J connectivity index is 1.55. The first-order valence-corrected chi connectivity index (χ1v) is 8.49. The second kappa shape index (κ2) is 7.38. The third kappa shape index (κ3) is 4.18. The van der Waals surface area contributed by atoms with E-state index in [0.29, 0.717) is 19.5 Å². The van der Waals surface area contributed by atoms with Crippen LogP contribution in [0.15, 0.2) is 48.5 Å². The van der Waals surface area contributed by atoms with Crippen molar-refractivity contribution in [3.8, 4) is 0 Å². The van der Waals surface area contributed by atoms with Gasteiger partial charge < -0.3 is 15.5 Å². The third-order valence-corrected chi connectivity index (χ3v) is 4.56. The van der Waals surface area contributed by atoms with Gasteiger partial charge in [-0.2, -0.15) is 0 Å². The third-order valence-electron chi connectivity index (χ3n) is 4.56. The molecule has 1 aliphatic heterocycles. The van der Waals surface area contributed by atoms with Crippen molar-refractivity contribution in [1.29, 1.82) is 0 Å². The largest absolute Gasteiger partial charge is 0.334 e. The molecule has 0 spiro atoms. The molecule has 1 saturated heterocycles. The summed E-state index contributed by atoms with van der Waals surface area (Å²) in [6, 6.07) is 15.3. The molecule has 2 N–H and O–H groups in total. The first-order valence-electron chi connectivity index (χ1n) is 8.49. The maximum atomic E-state index is 12.3. The van der Waals surface area contributed by atoms with E-state index in [4.69, 9.17) is 0 Å². The molecule has 1 heterocycles. The minimum Gasteiger partial charge on any atom is -0.334 e. The van der Waals surface area contributed by atoms with Crippen LogP contribution < -0.4 is 15.5 Å². The average Bonchev–Trinajstić information content (AvgIpc) is 2.96. The van der Waals surface area contributed by atoms with Gasteiger partial charge in [-0.15, -0.1) is 0 Å². The molecule has 1 fully saturated rings. The van der Waals surface area contributed by atoms with E-state index >= 15 is 0 Å². The number of carbonyl (C=O) groups excluding carboxylic acids is 2. The first-order chi connectivity index (χ1) is 12.0. The van der Waals surface area contributed by atoms with E-state index in [1.54, 1.807) is 4.90 Å². The fourth-order valence-corrected chi connectivity index (χ4v) is 2.96. The van der Waals surface area contributed by atoms with Gasteiger partial charge in [0.15, 0.2) is 0 Å². The van der Waals surface area contributed by atoms with Crippen LogP contribution in [-0.2, 0) is 11.3 Å². The number of nitrogens with zero attached hydrogens (tertiary/aromatic N) is 1. The van der Waals surface area contributed by atoms with Gasteiger partial charge >= 0.3 is 6.03 Å². The molecule has 0 bridgehead atoms. The zero-order valence-electron chi connectivity index (χ0n) is 14.6. The van der Waals surface area contributed by atoms with E-state index in [1.165, 1.54) is 5.56 Å². The highest BCUT2D eigenvalue weighted by Crippen LogP contribution is 2.24. The highest BCUT2D eigenvalue weighted by molar-refractivity contribution is 5.96. The van der Waals surface area contributed by atoms with Gasteiger partial charge in [-0.1, -0.05) is 36.4 Å². The summed E-state index contributed by atoms with van der Waals surface area (Å²) in [6.45, 7) is 5.05. The van der Waals surface area contributed by atoms with Crippen LogP contribution in [0.1, 0.15) is 23.1 Å². The standard InChI is InChI=1S/C20H23N3O2/c1-14-8-9-18(10-15(14)2)23-13-17(11-19(23)24)22-20(25)21-12-16-6-4-3-5-7-16/h3-10,17H,11-13H2,1-2H3,(H2,21,22,25)/t17-/m1/s1. The zero-order valence-corrected chi connectivity index (χ0v) is 14.6. The molecule has 0 radical (unpaired) electrons. The van der Waals surface area contributed by atoms with Gasteiger partial charge in [0.25, 0.3) is 0 Å². The predicted octanol–water partition coefficient (Wildman–Crippen LogP) is 2.91. The van der Waals surface area contributed by atoms with Gasteiger partial charge in [-0.05, 0) is 42.7 Å². The van der Waals surface area contributed by atoms with Crippen molar-refractivity contribution in [2.45, 2.75) is 32.9 Å². The van der Waals surface area contributed by atoms with Gasteiger partial charge in [-0.25, -0.2) is 4.79 Å². The molecule has 0 unspecified atom stereocenters. The lowest BCUT2D eigenvalue weighted by molar-refractivity contribution is -0.117. The highest BCUT2D eigenvalue weighted by Gasteiger charge is 2.31. The smallest absolute Gasteiger partial charge is 0.315 e. The SMILES string of the molecule is Cc1ccc(N2C[C@H](NC(=O)NCc3ccccc3)CC2=O)cc1C. The molecular formula is C20H23N3O2. The number of aryl methyl sites for hydroxylation is 2. The van der Waals surface area contributed by atoms with Crippen LogP contribution in [-0.4, -0.2) is 24.5 Å². The Morgan fingerprint density at radius 1 is 1.12 bits per heavy atom. The van der Waals surface area contributed by atoms with Gasteiger partial charge in [0, 0.05) is 25.2 Å². The normalized spacial score (nSPS) is 16.8. The maximum Gasteiger partial charge on any atom is 0.315 e. The van der Waals surface area contributed by atoms with Gasteiger partial charge in [0.05, 0.1) is 6.04 Å². The van der Waals surface area contributed by atoms with E-state index in [0.717, 1.165) is 16.8 Å². The van der Waals surface area contributed by atoms with Crippen molar-refractivity contribution < 1.29 is 9.59 Å². The quantitative estimate of drug-likeness (QED) is 0.901. The van der Waals surface area contributed by atoms with Crippen LogP contribution in [0.4, 0.5) is 10.5 Å². The van der Waals surface area contributed by atoms with Crippen molar-refractivity contribution in [3.63, 3.8) is 0 Å². The topological polar surface area (TPSA) is 61.4 Å². The number of hydrogen-bond acceptors (Lipinski definition) is 2. The summed E-state index contributed by atoms with van der Waals surface area (Å²) in [7, 11) is 0. The lowest BCUT2D eigenvalue weighted by Gasteiger charge is -2.18. The number of amides is 3. The molecule has 2 aromatic rings. The number of urea groups is 1. The molecule has 3 amide bonds. The van der Waals surface area contributed by atoms with Crippen molar-refractivity contribution in [2.24, 2.45) is 0 Å². The second-order valence-corrected chi connectivity index (χ2v) is 6.49. The first kappa shape index (κ1) is 17.0. The number of nitrogens with one attached hydrogen (secondary N) is 2. The molecule has 3 rings (SSSR count). The van der Waals surface area contributed by atoms with Crippen LogP contribution in [0.5, 0.6) is 0 Å². The van der Waals surface area contributed by atoms with Crippen molar-refractivity contribution in [2.75, 3.05) is 11.4 Å². The van der Waals surface area contributed by atoms with E-state index in [-0.39, 0.29) is 18.0 Å².